The van der Waals surface area contributed by atoms with Crippen LogP contribution in [-0.2, 0) is 4.79 Å². The molecule has 0 N–H and O–H groups in total. The van der Waals surface area contributed by atoms with Gasteiger partial charge in [-0.1, -0.05) is 11.6 Å². The van der Waals surface area contributed by atoms with Crippen molar-refractivity contribution in [2.75, 3.05) is 0 Å². The number of hydrogen-bond acceptors (Lipinski definition) is 3. The molecule has 0 saturated heterocycles. The van der Waals surface area contributed by atoms with Crippen molar-refractivity contribution in [1.29, 1.82) is 0 Å². The van der Waals surface area contributed by atoms with Crippen LogP contribution in [0.4, 0.5) is 0 Å². The number of aryl methyl sites for hydroxylation is 2. The summed E-state index contributed by atoms with van der Waals surface area (Å²) >= 11 is 1.05. The third-order valence-corrected chi connectivity index (χ3v) is 3.16. The summed E-state index contributed by atoms with van der Waals surface area (Å²) in [5.41, 5.74) is 2.62. The molecule has 2 rings (SSSR count). The Hall–Kier alpha value is -1.09. The van der Waals surface area contributed by atoms with E-state index in [1.807, 2.05) is 19.9 Å². The van der Waals surface area contributed by atoms with E-state index in [2.05, 4.69) is 0 Å². The van der Waals surface area contributed by atoms with Crippen molar-refractivity contribution in [3.05, 3.63) is 28.8 Å². The average molecular weight is 192 g/mol. The van der Waals surface area contributed by atoms with Crippen molar-refractivity contribution >= 4 is 22.7 Å². The zero-order valence-electron chi connectivity index (χ0n) is 7.38. The molecule has 1 heterocycles. The van der Waals surface area contributed by atoms with Gasteiger partial charge in [0.25, 0.3) is 5.12 Å². The smallest absolute Gasteiger partial charge is 0.264 e. The van der Waals surface area contributed by atoms with E-state index in [0.717, 1.165) is 27.8 Å². The fourth-order valence-corrected chi connectivity index (χ4v) is 2.38. The summed E-state index contributed by atoms with van der Waals surface area (Å²) in [6, 6.07) is 3.76. The second-order valence-electron chi connectivity index (χ2n) is 3.18. The van der Waals surface area contributed by atoms with E-state index in [0.29, 0.717) is 5.56 Å². The summed E-state index contributed by atoms with van der Waals surface area (Å²) in [6.07, 6.45) is 0. The molecular weight excluding hydrogens is 184 g/mol. The number of thioether (sulfide) groups is 1. The first kappa shape index (κ1) is 8.51. The molecule has 3 heteroatoms. The van der Waals surface area contributed by atoms with Crippen LogP contribution in [-0.4, -0.2) is 10.9 Å². The summed E-state index contributed by atoms with van der Waals surface area (Å²) in [5.74, 6) is -0.355. The number of carbonyl (C=O) groups is 2. The number of rotatable bonds is 0. The van der Waals surface area contributed by atoms with E-state index in [4.69, 9.17) is 0 Å². The Labute approximate surface area is 80.3 Å². The number of hydrogen-bond donors (Lipinski definition) is 0. The topological polar surface area (TPSA) is 34.1 Å². The minimum atomic E-state index is -0.358. The van der Waals surface area contributed by atoms with Crippen LogP contribution in [0.5, 0.6) is 0 Å². The van der Waals surface area contributed by atoms with E-state index in [1.165, 1.54) is 0 Å². The lowest BCUT2D eigenvalue weighted by molar-refractivity contribution is -0.107. The molecule has 0 atom stereocenters. The minimum Gasteiger partial charge on any atom is -0.284 e. The fourth-order valence-electron chi connectivity index (χ4n) is 1.51. The summed E-state index contributed by atoms with van der Waals surface area (Å²) < 4.78 is 0. The van der Waals surface area contributed by atoms with Crippen molar-refractivity contribution in [2.24, 2.45) is 0 Å². The van der Waals surface area contributed by atoms with Crippen LogP contribution in [0.1, 0.15) is 21.5 Å². The maximum absolute atomic E-state index is 11.3. The van der Waals surface area contributed by atoms with Gasteiger partial charge in [0.15, 0.2) is 0 Å². The van der Waals surface area contributed by atoms with Crippen LogP contribution in [0.25, 0.3) is 0 Å². The largest absolute Gasteiger partial charge is 0.284 e. The first-order chi connectivity index (χ1) is 6.09. The molecule has 0 bridgehead atoms. The Balaban J connectivity index is 2.70. The van der Waals surface area contributed by atoms with Gasteiger partial charge in [-0.15, -0.1) is 0 Å². The van der Waals surface area contributed by atoms with Crippen molar-refractivity contribution in [2.45, 2.75) is 18.7 Å². The van der Waals surface area contributed by atoms with Crippen molar-refractivity contribution < 1.29 is 9.59 Å². The molecule has 66 valence electrons. The van der Waals surface area contributed by atoms with Gasteiger partial charge >= 0.3 is 0 Å². The van der Waals surface area contributed by atoms with Gasteiger partial charge in [0.2, 0.25) is 5.78 Å². The molecule has 0 amide bonds. The first-order valence-corrected chi connectivity index (χ1v) is 4.79. The quantitative estimate of drug-likeness (QED) is 0.590. The lowest BCUT2D eigenvalue weighted by Crippen LogP contribution is -2.02. The van der Waals surface area contributed by atoms with E-state index in [1.54, 1.807) is 6.07 Å². The highest BCUT2D eigenvalue weighted by atomic mass is 32.2. The summed E-state index contributed by atoms with van der Waals surface area (Å²) in [5, 5.41) is -0.358. The Morgan fingerprint density at radius 2 is 1.85 bits per heavy atom. The van der Waals surface area contributed by atoms with Gasteiger partial charge in [-0.2, -0.15) is 0 Å². The van der Waals surface area contributed by atoms with E-state index < -0.39 is 0 Å². The molecular formula is C10H8O2S. The molecule has 1 aliphatic heterocycles. The third kappa shape index (κ3) is 1.20. The first-order valence-electron chi connectivity index (χ1n) is 3.97. The number of ketones is 1. The lowest BCUT2D eigenvalue weighted by Gasteiger charge is -2.01. The zero-order chi connectivity index (χ0) is 9.59. The molecule has 1 aliphatic rings. The maximum Gasteiger partial charge on any atom is 0.264 e. The van der Waals surface area contributed by atoms with Crippen LogP contribution in [0.15, 0.2) is 17.0 Å². The maximum atomic E-state index is 11.3. The summed E-state index contributed by atoms with van der Waals surface area (Å²) in [6.45, 7) is 3.85. The summed E-state index contributed by atoms with van der Waals surface area (Å²) in [4.78, 5) is 23.3. The molecule has 0 aliphatic carbocycles. The van der Waals surface area contributed by atoms with Crippen LogP contribution in [0.3, 0.4) is 0 Å². The zero-order valence-corrected chi connectivity index (χ0v) is 8.20. The number of Topliss-reactive ketones (excluding diaryl/α,β-unsaturated/α-hetero) is 1. The van der Waals surface area contributed by atoms with Crippen molar-refractivity contribution in [3.63, 3.8) is 0 Å². The van der Waals surface area contributed by atoms with E-state index in [-0.39, 0.29) is 10.9 Å². The molecule has 1 aromatic carbocycles. The predicted octanol–water partition coefficient (Wildman–Crippen LogP) is 2.12. The number of benzene rings is 1. The van der Waals surface area contributed by atoms with Crippen LogP contribution < -0.4 is 0 Å². The van der Waals surface area contributed by atoms with Gasteiger partial charge in [0, 0.05) is 10.5 Å². The highest BCUT2D eigenvalue weighted by molar-refractivity contribution is 8.16. The molecule has 2 nitrogen and oxygen atoms in total. The van der Waals surface area contributed by atoms with Crippen LogP contribution in [0.2, 0.25) is 0 Å². The Kier molecular flexibility index (Phi) is 1.77. The second-order valence-corrected chi connectivity index (χ2v) is 4.16. The fraction of sp³-hybridized carbons (Fsp3) is 0.200. The molecule has 13 heavy (non-hydrogen) atoms. The van der Waals surface area contributed by atoms with Gasteiger partial charge in [0.05, 0.1) is 0 Å². The average Bonchev–Trinajstić information content (AvgIpc) is 2.32. The predicted molar refractivity (Wildman–Crippen MR) is 51.1 cm³/mol. The Bertz CT molecular complexity index is 421. The van der Waals surface area contributed by atoms with Gasteiger partial charge in [-0.3, -0.25) is 9.59 Å². The van der Waals surface area contributed by atoms with Gasteiger partial charge in [0.1, 0.15) is 0 Å². The monoisotopic (exact) mass is 192 g/mol. The molecule has 0 aromatic heterocycles. The normalized spacial score (nSPS) is 14.9. The Morgan fingerprint density at radius 1 is 1.15 bits per heavy atom. The van der Waals surface area contributed by atoms with E-state index in [9.17, 15) is 9.59 Å². The van der Waals surface area contributed by atoms with Crippen LogP contribution in [0, 0.1) is 13.8 Å². The second kappa shape index (κ2) is 2.70. The molecule has 0 saturated carbocycles. The van der Waals surface area contributed by atoms with Gasteiger partial charge < -0.3 is 0 Å². The molecule has 0 radical (unpaired) electrons. The third-order valence-electron chi connectivity index (χ3n) is 2.04. The van der Waals surface area contributed by atoms with E-state index >= 15 is 0 Å². The molecule has 0 fully saturated rings. The van der Waals surface area contributed by atoms with Crippen LogP contribution >= 0.6 is 11.8 Å². The van der Waals surface area contributed by atoms with Gasteiger partial charge in [-0.25, -0.2) is 0 Å². The lowest BCUT2D eigenvalue weighted by atomic mass is 10.1. The van der Waals surface area contributed by atoms with Crippen molar-refractivity contribution in [3.8, 4) is 0 Å². The highest BCUT2D eigenvalue weighted by Crippen LogP contribution is 2.35. The number of carbonyl (C=O) groups excluding carboxylic acids is 2. The van der Waals surface area contributed by atoms with Crippen molar-refractivity contribution in [1.82, 2.24) is 0 Å². The minimum absolute atomic E-state index is 0.355. The molecule has 0 spiro atoms. The summed E-state index contributed by atoms with van der Waals surface area (Å²) in [7, 11) is 0. The number of fused-ring (bicyclic) bond motifs is 1. The SMILES string of the molecule is Cc1cc(C)c2c(c1)C(=O)C(=O)S2. The standard InChI is InChI=1S/C10H8O2S/c1-5-3-6(2)9-7(4-5)8(11)10(12)13-9/h3-4H,1-2H3. The Morgan fingerprint density at radius 3 is 2.54 bits per heavy atom. The molecule has 0 unspecified atom stereocenters. The molecule has 1 aromatic rings. The highest BCUT2D eigenvalue weighted by Gasteiger charge is 2.30. The van der Waals surface area contributed by atoms with Gasteiger partial charge in [-0.05, 0) is 37.2 Å².